The van der Waals surface area contributed by atoms with E-state index in [-0.39, 0.29) is 28.3 Å². The lowest BCUT2D eigenvalue weighted by atomic mass is 10.1. The average Bonchev–Trinajstić information content (AvgIpc) is 2.83. The second-order valence-corrected chi connectivity index (χ2v) is 5.78. The van der Waals surface area contributed by atoms with E-state index in [1.165, 1.54) is 6.92 Å². The first-order valence-electron chi connectivity index (χ1n) is 7.43. The van der Waals surface area contributed by atoms with Crippen molar-refractivity contribution in [1.29, 1.82) is 0 Å². The highest BCUT2D eigenvalue weighted by atomic mass is 16.6. The van der Waals surface area contributed by atoms with Crippen LogP contribution in [0.5, 0.6) is 0 Å². The lowest BCUT2D eigenvalue weighted by molar-refractivity contribution is -0.517. The number of imide groups is 1. The minimum absolute atomic E-state index is 0.0318. The van der Waals surface area contributed by atoms with Crippen molar-refractivity contribution in [3.8, 4) is 5.69 Å². The molecule has 128 valence electrons. The summed E-state index contributed by atoms with van der Waals surface area (Å²) in [5.41, 5.74) is 6.45. The minimum Gasteiger partial charge on any atom is -0.384 e. The molecule has 9 nitrogen and oxygen atoms in total. The topological polar surface area (TPSA) is 137 Å². The smallest absolute Gasteiger partial charge is 0.262 e. The molecule has 1 unspecified atom stereocenters. The summed E-state index contributed by atoms with van der Waals surface area (Å²) in [7, 11) is 0. The van der Waals surface area contributed by atoms with Crippen LogP contribution in [-0.2, 0) is 6.42 Å². The van der Waals surface area contributed by atoms with E-state index < -0.39 is 23.4 Å². The fourth-order valence-electron chi connectivity index (χ4n) is 2.74. The molecule has 1 aromatic heterocycles. The van der Waals surface area contributed by atoms with Gasteiger partial charge in [0.05, 0.1) is 16.8 Å². The Morgan fingerprint density at radius 2 is 1.84 bits per heavy atom. The minimum atomic E-state index is -0.728. The lowest BCUT2D eigenvalue weighted by Crippen LogP contribution is -2.24. The number of nitrogens with zero attached hydrogens (tertiary/aromatic N) is 2. The van der Waals surface area contributed by atoms with Crippen molar-refractivity contribution in [2.45, 2.75) is 19.4 Å². The fourth-order valence-corrected chi connectivity index (χ4v) is 2.74. The van der Waals surface area contributed by atoms with E-state index >= 15 is 0 Å². The van der Waals surface area contributed by atoms with Crippen LogP contribution in [0.25, 0.3) is 5.69 Å². The largest absolute Gasteiger partial charge is 0.384 e. The molecule has 3 rings (SSSR count). The Kier molecular flexibility index (Phi) is 3.84. The number of carbonyl (C=O) groups excluding carboxylic acids is 2. The highest BCUT2D eigenvalue weighted by molar-refractivity contribution is 6.23. The van der Waals surface area contributed by atoms with Gasteiger partial charge in [-0.15, -0.1) is 0 Å². The van der Waals surface area contributed by atoms with Gasteiger partial charge in [0.15, 0.2) is 0 Å². The standard InChI is InChI=1S/C16H14N4O5/c1-8(20(24)25)6-9-2-4-10(5-3-9)19-12(21)7-11-13(14(19)17)16(23)18-15(11)22/h2-5,7-8H,6,17H2,1H3,(H,18,22,23). The number of nitrogen functional groups attached to an aromatic ring is 1. The van der Waals surface area contributed by atoms with Gasteiger partial charge >= 0.3 is 0 Å². The van der Waals surface area contributed by atoms with Crippen LogP contribution in [0.1, 0.15) is 33.2 Å². The predicted octanol–water partition coefficient (Wildman–Crippen LogP) is 0.511. The van der Waals surface area contributed by atoms with Gasteiger partial charge in [0.25, 0.3) is 17.4 Å². The maximum absolute atomic E-state index is 12.3. The molecule has 0 radical (unpaired) electrons. The first-order chi connectivity index (χ1) is 11.8. The van der Waals surface area contributed by atoms with Crippen LogP contribution in [0.3, 0.4) is 0 Å². The zero-order valence-corrected chi connectivity index (χ0v) is 13.2. The predicted molar refractivity (Wildman–Crippen MR) is 88.4 cm³/mol. The molecule has 1 aliphatic rings. The van der Waals surface area contributed by atoms with Crippen LogP contribution in [-0.4, -0.2) is 27.3 Å². The Morgan fingerprint density at radius 3 is 2.44 bits per heavy atom. The lowest BCUT2D eigenvalue weighted by Gasteiger charge is -2.12. The molecule has 0 saturated carbocycles. The third-order valence-electron chi connectivity index (χ3n) is 4.04. The van der Waals surface area contributed by atoms with Gasteiger partial charge < -0.3 is 5.73 Å². The summed E-state index contributed by atoms with van der Waals surface area (Å²) >= 11 is 0. The fraction of sp³-hybridized carbons (Fsp3) is 0.188. The van der Waals surface area contributed by atoms with Gasteiger partial charge in [-0.1, -0.05) is 12.1 Å². The van der Waals surface area contributed by atoms with E-state index in [0.717, 1.165) is 16.2 Å². The summed E-state index contributed by atoms with van der Waals surface area (Å²) in [6.45, 7) is 1.51. The molecule has 2 heterocycles. The van der Waals surface area contributed by atoms with Crippen LogP contribution in [0.2, 0.25) is 0 Å². The second-order valence-electron chi connectivity index (χ2n) is 5.78. The van der Waals surface area contributed by atoms with Gasteiger partial charge in [0.1, 0.15) is 5.82 Å². The van der Waals surface area contributed by atoms with Crippen LogP contribution >= 0.6 is 0 Å². The molecule has 25 heavy (non-hydrogen) atoms. The number of nitrogens with one attached hydrogen (secondary N) is 1. The third kappa shape index (κ3) is 2.75. The zero-order chi connectivity index (χ0) is 18.3. The number of pyridine rings is 1. The van der Waals surface area contributed by atoms with Crippen molar-refractivity contribution in [2.24, 2.45) is 0 Å². The van der Waals surface area contributed by atoms with Gasteiger partial charge in [0.2, 0.25) is 6.04 Å². The zero-order valence-electron chi connectivity index (χ0n) is 13.2. The molecule has 3 N–H and O–H groups in total. The summed E-state index contributed by atoms with van der Waals surface area (Å²) in [4.78, 5) is 46.1. The van der Waals surface area contributed by atoms with Crippen molar-refractivity contribution in [3.63, 3.8) is 0 Å². The van der Waals surface area contributed by atoms with Crippen molar-refractivity contribution >= 4 is 17.6 Å². The average molecular weight is 342 g/mol. The Morgan fingerprint density at radius 1 is 1.20 bits per heavy atom. The van der Waals surface area contributed by atoms with Crippen LogP contribution in [0.15, 0.2) is 35.1 Å². The summed E-state index contributed by atoms with van der Waals surface area (Å²) in [5.74, 6) is -1.43. The molecule has 1 atom stereocenters. The number of aromatic nitrogens is 1. The number of nitro groups is 1. The van der Waals surface area contributed by atoms with E-state index in [1.54, 1.807) is 24.3 Å². The summed E-state index contributed by atoms with van der Waals surface area (Å²) in [5, 5.41) is 12.8. The molecule has 1 aliphatic heterocycles. The molecule has 2 aromatic rings. The molecule has 0 spiro atoms. The third-order valence-corrected chi connectivity index (χ3v) is 4.04. The normalized spacial score (nSPS) is 14.1. The van der Waals surface area contributed by atoms with E-state index in [1.807, 2.05) is 0 Å². The van der Waals surface area contributed by atoms with Gasteiger partial charge in [-0.25, -0.2) is 0 Å². The molecule has 2 amide bonds. The number of hydrogen-bond acceptors (Lipinski definition) is 6. The molecule has 0 aliphatic carbocycles. The molecule has 1 aromatic carbocycles. The number of rotatable bonds is 4. The number of anilines is 1. The van der Waals surface area contributed by atoms with Crippen LogP contribution in [0.4, 0.5) is 5.82 Å². The number of fused-ring (bicyclic) bond motifs is 1. The number of amides is 2. The Labute approximate surface area is 141 Å². The van der Waals surface area contributed by atoms with Crippen molar-refractivity contribution in [3.05, 3.63) is 67.5 Å². The van der Waals surface area contributed by atoms with E-state index in [9.17, 15) is 24.5 Å². The number of carbonyl (C=O) groups is 2. The van der Waals surface area contributed by atoms with E-state index in [0.29, 0.717) is 5.69 Å². The van der Waals surface area contributed by atoms with Gasteiger partial charge in [0, 0.05) is 24.3 Å². The SMILES string of the molecule is CC(Cc1ccc(-n2c(N)c3c(cc2=O)C(=O)NC3=O)cc1)[N+](=O)[O-]. The van der Waals surface area contributed by atoms with Crippen molar-refractivity contribution < 1.29 is 14.5 Å². The van der Waals surface area contributed by atoms with Gasteiger partial charge in [-0.2, -0.15) is 0 Å². The van der Waals surface area contributed by atoms with E-state index in [4.69, 9.17) is 5.73 Å². The monoisotopic (exact) mass is 342 g/mol. The number of nitrogens with two attached hydrogens (primary N) is 1. The molecule has 9 heteroatoms. The Bertz CT molecular complexity index is 962. The second kappa shape index (κ2) is 5.86. The van der Waals surface area contributed by atoms with E-state index in [2.05, 4.69) is 5.32 Å². The van der Waals surface area contributed by atoms with Crippen molar-refractivity contribution in [2.75, 3.05) is 5.73 Å². The van der Waals surface area contributed by atoms with Crippen molar-refractivity contribution in [1.82, 2.24) is 9.88 Å². The molecular formula is C16H14N4O5. The summed E-state index contributed by atoms with van der Waals surface area (Å²) in [6.07, 6.45) is 0.249. The van der Waals surface area contributed by atoms with Gasteiger partial charge in [-0.05, 0) is 17.7 Å². The molecule has 0 fully saturated rings. The first kappa shape index (κ1) is 16.4. The maximum Gasteiger partial charge on any atom is 0.262 e. The number of hydrogen-bond donors (Lipinski definition) is 2. The highest BCUT2D eigenvalue weighted by Gasteiger charge is 2.31. The quantitative estimate of drug-likeness (QED) is 0.472. The van der Waals surface area contributed by atoms with Crippen LogP contribution < -0.4 is 16.6 Å². The molecule has 0 bridgehead atoms. The van der Waals surface area contributed by atoms with Crippen LogP contribution in [0, 0.1) is 10.1 Å². The Balaban J connectivity index is 2.02. The maximum atomic E-state index is 12.3. The first-order valence-corrected chi connectivity index (χ1v) is 7.43. The summed E-state index contributed by atoms with van der Waals surface area (Å²) < 4.78 is 1.12. The molecular weight excluding hydrogens is 328 g/mol. The summed E-state index contributed by atoms with van der Waals surface area (Å²) in [6, 6.07) is 6.81. The Hall–Kier alpha value is -3.49. The van der Waals surface area contributed by atoms with Gasteiger partial charge in [-0.3, -0.25) is 34.4 Å². The highest BCUT2D eigenvalue weighted by Crippen LogP contribution is 2.23. The molecule has 0 saturated heterocycles. The number of benzene rings is 1.